The maximum absolute atomic E-state index is 13.2. The Hall–Kier alpha value is -1.66. The number of fused-ring (bicyclic) bond motifs is 3. The van der Waals surface area contributed by atoms with E-state index >= 15 is 0 Å². The van der Waals surface area contributed by atoms with Crippen molar-refractivity contribution in [3.05, 3.63) is 59.7 Å². The van der Waals surface area contributed by atoms with E-state index in [-0.39, 0.29) is 16.5 Å². The summed E-state index contributed by atoms with van der Waals surface area (Å²) >= 11 is 0. The minimum absolute atomic E-state index is 0.00391. The van der Waals surface area contributed by atoms with Crippen molar-refractivity contribution >= 4 is 15.1 Å². The van der Waals surface area contributed by atoms with Gasteiger partial charge in [0.25, 0.3) is 0 Å². The van der Waals surface area contributed by atoms with E-state index in [1.807, 2.05) is 0 Å². The van der Waals surface area contributed by atoms with E-state index in [1.54, 1.807) is 0 Å². The van der Waals surface area contributed by atoms with Crippen LogP contribution < -0.4 is 5.32 Å². The summed E-state index contributed by atoms with van der Waals surface area (Å²) in [4.78, 5) is 13.2. The highest BCUT2D eigenvalue weighted by Gasteiger charge is 2.43. The molecule has 0 spiro atoms. The van der Waals surface area contributed by atoms with Crippen molar-refractivity contribution in [3.8, 4) is 11.1 Å². The second-order valence-corrected chi connectivity index (χ2v) is 12.1. The van der Waals surface area contributed by atoms with Crippen LogP contribution in [0.1, 0.15) is 90.2 Å². The van der Waals surface area contributed by atoms with Gasteiger partial charge in [-0.1, -0.05) is 115 Å². The predicted octanol–water partition coefficient (Wildman–Crippen LogP) is 7.50. The summed E-state index contributed by atoms with van der Waals surface area (Å²) in [6.45, 7) is 9.58. The van der Waals surface area contributed by atoms with Gasteiger partial charge >= 0.3 is 0 Å². The number of rotatable bonds is 12. The zero-order valence-corrected chi connectivity index (χ0v) is 21.7. The standard InChI is InChI=1S/C29H42NOP/c1-5-22(2)14-8-6-7-13-19-29(20-27(31)30-21-28(3,4)32)25-17-11-9-15-23(25)24-16-10-12-18-26(24)29/h9-12,15-18,22H,5-8,13-14,19-21,32H2,1-4H3,(H,30,31). The van der Waals surface area contributed by atoms with Crippen molar-refractivity contribution in [1.29, 1.82) is 0 Å². The topological polar surface area (TPSA) is 29.1 Å². The molecule has 2 unspecified atom stereocenters. The van der Waals surface area contributed by atoms with Crippen LogP contribution in [0.15, 0.2) is 48.5 Å². The fraction of sp³-hybridized carbons (Fsp3) is 0.552. The molecule has 2 atom stereocenters. The third-order valence-electron chi connectivity index (χ3n) is 7.13. The first-order chi connectivity index (χ1) is 15.3. The van der Waals surface area contributed by atoms with Gasteiger partial charge in [-0.25, -0.2) is 0 Å². The summed E-state index contributed by atoms with van der Waals surface area (Å²) in [5.41, 5.74) is 5.05. The molecule has 0 bridgehead atoms. The molecule has 3 heteroatoms. The highest BCUT2D eigenvalue weighted by atomic mass is 31.0. The van der Waals surface area contributed by atoms with Crippen LogP contribution in [-0.2, 0) is 10.2 Å². The molecular weight excluding hydrogens is 409 g/mol. The molecule has 0 aromatic heterocycles. The quantitative estimate of drug-likeness (QED) is 0.263. The van der Waals surface area contributed by atoms with Crippen molar-refractivity contribution in [2.75, 3.05) is 6.54 Å². The zero-order chi connectivity index (χ0) is 23.2. The maximum atomic E-state index is 13.2. The van der Waals surface area contributed by atoms with Crippen LogP contribution in [0.4, 0.5) is 0 Å². The SMILES string of the molecule is CCC(C)CCCCCCC1(CC(=O)NCC(C)(C)P)c2ccccc2-c2ccccc21. The van der Waals surface area contributed by atoms with Crippen LogP contribution in [0, 0.1) is 5.92 Å². The fourth-order valence-electron chi connectivity index (χ4n) is 5.10. The Morgan fingerprint density at radius 1 is 0.969 bits per heavy atom. The predicted molar refractivity (Wildman–Crippen MR) is 141 cm³/mol. The average molecular weight is 452 g/mol. The van der Waals surface area contributed by atoms with Crippen molar-refractivity contribution < 1.29 is 4.79 Å². The van der Waals surface area contributed by atoms with Crippen molar-refractivity contribution in [1.82, 2.24) is 5.32 Å². The molecule has 0 aliphatic heterocycles. The van der Waals surface area contributed by atoms with Gasteiger partial charge < -0.3 is 5.32 Å². The van der Waals surface area contributed by atoms with Gasteiger partial charge in [-0.2, -0.15) is 0 Å². The number of carbonyl (C=O) groups excluding carboxylic acids is 1. The normalized spacial score (nSPS) is 15.2. The van der Waals surface area contributed by atoms with E-state index in [0.717, 1.165) is 18.8 Å². The highest BCUT2D eigenvalue weighted by Crippen LogP contribution is 2.53. The molecule has 0 heterocycles. The van der Waals surface area contributed by atoms with E-state index in [0.29, 0.717) is 13.0 Å². The summed E-state index contributed by atoms with van der Waals surface area (Å²) in [7, 11) is 2.83. The second-order valence-electron chi connectivity index (χ2n) is 10.6. The molecule has 174 valence electrons. The molecule has 0 fully saturated rings. The van der Waals surface area contributed by atoms with Crippen LogP contribution in [0.3, 0.4) is 0 Å². The number of hydrogen-bond donors (Lipinski definition) is 1. The maximum Gasteiger partial charge on any atom is 0.221 e. The Labute approximate surface area is 198 Å². The molecular formula is C29H42NOP. The van der Waals surface area contributed by atoms with Crippen LogP contribution in [0.25, 0.3) is 11.1 Å². The van der Waals surface area contributed by atoms with Gasteiger partial charge in [-0.05, 0) is 39.7 Å². The molecule has 1 aliphatic carbocycles. The highest BCUT2D eigenvalue weighted by molar-refractivity contribution is 7.18. The molecule has 1 amide bonds. The number of nitrogens with one attached hydrogen (secondary N) is 1. The molecule has 2 nitrogen and oxygen atoms in total. The third-order valence-corrected chi connectivity index (χ3v) is 7.33. The molecule has 0 saturated carbocycles. The number of amides is 1. The Balaban J connectivity index is 1.80. The summed E-state index contributed by atoms with van der Waals surface area (Å²) < 4.78 is 0. The first kappa shape index (κ1) is 25.0. The number of hydrogen-bond acceptors (Lipinski definition) is 1. The van der Waals surface area contributed by atoms with Crippen molar-refractivity contribution in [2.45, 2.75) is 89.6 Å². The average Bonchev–Trinajstić information content (AvgIpc) is 3.04. The van der Waals surface area contributed by atoms with Crippen molar-refractivity contribution in [3.63, 3.8) is 0 Å². The monoisotopic (exact) mass is 451 g/mol. The number of benzene rings is 2. The zero-order valence-electron chi connectivity index (χ0n) is 20.5. The van der Waals surface area contributed by atoms with E-state index in [4.69, 9.17) is 0 Å². The van der Waals surface area contributed by atoms with Gasteiger partial charge in [0.2, 0.25) is 5.91 Å². The van der Waals surface area contributed by atoms with Crippen molar-refractivity contribution in [2.24, 2.45) is 5.92 Å². The van der Waals surface area contributed by atoms with E-state index < -0.39 is 0 Å². The molecule has 0 radical (unpaired) electrons. The second kappa shape index (κ2) is 11.0. The molecule has 32 heavy (non-hydrogen) atoms. The molecule has 1 N–H and O–H groups in total. The lowest BCUT2D eigenvalue weighted by Crippen LogP contribution is -2.39. The summed E-state index contributed by atoms with van der Waals surface area (Å²) in [6.07, 6.45) is 9.17. The Morgan fingerprint density at radius 2 is 1.53 bits per heavy atom. The van der Waals surface area contributed by atoms with E-state index in [1.165, 1.54) is 54.4 Å². The van der Waals surface area contributed by atoms with E-state index in [9.17, 15) is 4.79 Å². The summed E-state index contributed by atoms with van der Waals surface area (Å²) in [6, 6.07) is 17.5. The molecule has 2 aromatic carbocycles. The number of carbonyl (C=O) groups is 1. The van der Waals surface area contributed by atoms with Crippen LogP contribution in [-0.4, -0.2) is 17.6 Å². The fourth-order valence-corrected chi connectivity index (χ4v) is 5.21. The summed E-state index contributed by atoms with van der Waals surface area (Å²) in [5.74, 6) is 0.989. The Bertz CT molecular complexity index is 853. The lowest BCUT2D eigenvalue weighted by molar-refractivity contribution is -0.122. The Morgan fingerprint density at radius 3 is 2.09 bits per heavy atom. The summed E-state index contributed by atoms with van der Waals surface area (Å²) in [5, 5.41) is 3.21. The lowest BCUT2D eigenvalue weighted by Gasteiger charge is -2.32. The van der Waals surface area contributed by atoms with Gasteiger partial charge in [0.05, 0.1) is 0 Å². The molecule has 0 saturated heterocycles. The Kier molecular flexibility index (Phi) is 8.56. The van der Waals surface area contributed by atoms with E-state index in [2.05, 4.69) is 90.8 Å². The lowest BCUT2D eigenvalue weighted by atomic mass is 9.71. The van der Waals surface area contributed by atoms with Crippen LogP contribution >= 0.6 is 9.24 Å². The largest absolute Gasteiger partial charge is 0.355 e. The van der Waals surface area contributed by atoms with Gasteiger partial charge in [0.15, 0.2) is 0 Å². The van der Waals surface area contributed by atoms with Gasteiger partial charge in [0, 0.05) is 18.4 Å². The minimum atomic E-state index is -0.223. The van der Waals surface area contributed by atoms with Gasteiger partial charge in [-0.3, -0.25) is 4.79 Å². The number of unbranched alkanes of at least 4 members (excludes halogenated alkanes) is 3. The van der Waals surface area contributed by atoms with Gasteiger partial charge in [-0.15, -0.1) is 9.24 Å². The molecule has 2 aromatic rings. The minimum Gasteiger partial charge on any atom is -0.355 e. The smallest absolute Gasteiger partial charge is 0.221 e. The first-order valence-electron chi connectivity index (χ1n) is 12.5. The first-order valence-corrected chi connectivity index (χ1v) is 13.1. The van der Waals surface area contributed by atoms with Crippen LogP contribution in [0.5, 0.6) is 0 Å². The third kappa shape index (κ3) is 6.02. The van der Waals surface area contributed by atoms with Crippen LogP contribution in [0.2, 0.25) is 0 Å². The molecule has 3 rings (SSSR count). The van der Waals surface area contributed by atoms with Gasteiger partial charge in [0.1, 0.15) is 0 Å². The molecule has 1 aliphatic rings.